The van der Waals surface area contributed by atoms with Crippen molar-refractivity contribution in [2.45, 2.75) is 32.4 Å². The molecule has 0 bridgehead atoms. The van der Waals surface area contributed by atoms with Crippen LogP contribution in [0.15, 0.2) is 41.6 Å². The molecule has 0 radical (unpaired) electrons. The quantitative estimate of drug-likeness (QED) is 0.579. The van der Waals surface area contributed by atoms with Gasteiger partial charge in [-0.25, -0.2) is 33.0 Å². The Bertz CT molecular complexity index is 1380. The molecule has 2 aliphatic heterocycles. The van der Waals surface area contributed by atoms with Gasteiger partial charge in [-0.05, 0) is 31.5 Å². The van der Waals surface area contributed by atoms with Gasteiger partial charge in [0, 0.05) is 18.7 Å². The van der Waals surface area contributed by atoms with Crippen LogP contribution < -0.4 is 4.74 Å². The van der Waals surface area contributed by atoms with Gasteiger partial charge in [-0.3, -0.25) is 0 Å². The number of benzene rings is 1. The molecule has 12 heteroatoms. The average molecular weight is 496 g/mol. The van der Waals surface area contributed by atoms with E-state index in [2.05, 4.69) is 15.2 Å². The summed E-state index contributed by atoms with van der Waals surface area (Å²) in [7, 11) is 0. The number of likely N-dealkylation sites (tertiary alicyclic amines) is 1. The van der Waals surface area contributed by atoms with Crippen molar-refractivity contribution in [3.05, 3.63) is 70.7 Å². The summed E-state index contributed by atoms with van der Waals surface area (Å²) in [6.07, 6.45) is 2.60. The highest BCUT2D eigenvalue weighted by Gasteiger charge is 2.39. The zero-order chi connectivity index (χ0) is 25.6. The Kier molecular flexibility index (Phi) is 5.86. The van der Waals surface area contributed by atoms with Crippen molar-refractivity contribution in [2.24, 2.45) is 5.10 Å². The van der Waals surface area contributed by atoms with E-state index in [1.807, 2.05) is 0 Å². The Morgan fingerprint density at radius 3 is 2.64 bits per heavy atom. The first-order valence-corrected chi connectivity index (χ1v) is 11.2. The van der Waals surface area contributed by atoms with Gasteiger partial charge in [0.2, 0.25) is 0 Å². The van der Waals surface area contributed by atoms with Crippen LogP contribution in [0.25, 0.3) is 5.82 Å². The van der Waals surface area contributed by atoms with E-state index < -0.39 is 23.9 Å². The maximum atomic E-state index is 14.4. The zero-order valence-electron chi connectivity index (χ0n) is 19.4. The number of hydrogen-bond acceptors (Lipinski definition) is 6. The van der Waals surface area contributed by atoms with Crippen molar-refractivity contribution in [1.29, 1.82) is 0 Å². The second kappa shape index (κ2) is 9.02. The largest absolute Gasteiger partial charge is 0.483 e. The third-order valence-corrected chi connectivity index (χ3v) is 6.20. The van der Waals surface area contributed by atoms with Crippen molar-refractivity contribution in [3.8, 4) is 11.6 Å². The lowest BCUT2D eigenvalue weighted by molar-refractivity contribution is 0.0256. The second-order valence-electron chi connectivity index (χ2n) is 8.61. The van der Waals surface area contributed by atoms with Gasteiger partial charge < -0.3 is 14.7 Å². The summed E-state index contributed by atoms with van der Waals surface area (Å²) >= 11 is 0. The van der Waals surface area contributed by atoms with Crippen molar-refractivity contribution in [3.63, 3.8) is 0 Å². The number of hydrogen-bond donors (Lipinski definition) is 1. The van der Waals surface area contributed by atoms with Gasteiger partial charge >= 0.3 is 12.0 Å². The molecule has 0 aliphatic carbocycles. The van der Waals surface area contributed by atoms with Gasteiger partial charge in [0.05, 0.1) is 36.7 Å². The molecule has 36 heavy (non-hydrogen) atoms. The van der Waals surface area contributed by atoms with Crippen LogP contribution in [0.4, 0.5) is 13.6 Å². The first-order valence-electron chi connectivity index (χ1n) is 11.2. The molecule has 1 unspecified atom stereocenters. The minimum atomic E-state index is -1.11. The molecule has 0 spiro atoms. The highest BCUT2D eigenvalue weighted by atomic mass is 19.1. The predicted octanol–water partition coefficient (Wildman–Crippen LogP) is 3.48. The number of ether oxygens (including phenoxy) is 1. The number of aromatic carboxylic acids is 1. The smallest absolute Gasteiger partial charge is 0.341 e. The summed E-state index contributed by atoms with van der Waals surface area (Å²) < 4.78 is 35.2. The number of aryl methyl sites for hydroxylation is 1. The molecule has 1 saturated heterocycles. The van der Waals surface area contributed by atoms with Crippen molar-refractivity contribution in [1.82, 2.24) is 24.7 Å². The number of aromatic nitrogens is 3. The number of nitrogens with zero attached hydrogens (tertiary/aromatic N) is 6. The Morgan fingerprint density at radius 2 is 1.94 bits per heavy atom. The lowest BCUT2D eigenvalue weighted by Crippen LogP contribution is -2.58. The van der Waals surface area contributed by atoms with Gasteiger partial charge in [0.25, 0.3) is 0 Å². The Hall–Kier alpha value is -4.35. The standard InChI is InChI=1S/C24H22F2N6O4/c1-13-22(23(33)34)14(2)31(29-13)21-9-20(18(26)10-27-21)36-17-11-30(12-17)24(35)32-19(6-7-28-32)15-4-3-5-16(25)8-15/h3-5,7-10,17,19H,6,11-12H2,1-2H3,(H,33,34). The van der Waals surface area contributed by atoms with E-state index in [1.165, 1.54) is 32.8 Å². The molecule has 10 nitrogen and oxygen atoms in total. The van der Waals surface area contributed by atoms with Crippen LogP contribution in [0.5, 0.6) is 5.75 Å². The highest BCUT2D eigenvalue weighted by Crippen LogP contribution is 2.31. The van der Waals surface area contributed by atoms with Gasteiger partial charge in [-0.1, -0.05) is 12.1 Å². The number of rotatable bonds is 5. The van der Waals surface area contributed by atoms with Crippen LogP contribution >= 0.6 is 0 Å². The van der Waals surface area contributed by atoms with Gasteiger partial charge in [-0.15, -0.1) is 0 Å². The molecular formula is C24H22F2N6O4. The first-order chi connectivity index (χ1) is 17.2. The Balaban J connectivity index is 1.26. The molecule has 1 N–H and O–H groups in total. The molecule has 1 atom stereocenters. The van der Waals surface area contributed by atoms with Crippen molar-refractivity contribution >= 4 is 18.2 Å². The van der Waals surface area contributed by atoms with Crippen molar-refractivity contribution < 1.29 is 28.2 Å². The van der Waals surface area contributed by atoms with Crippen molar-refractivity contribution in [2.75, 3.05) is 13.1 Å². The Labute approximate surface area is 204 Å². The second-order valence-corrected chi connectivity index (χ2v) is 8.61. The monoisotopic (exact) mass is 496 g/mol. The van der Waals surface area contributed by atoms with E-state index in [4.69, 9.17) is 4.74 Å². The molecule has 186 valence electrons. The number of carboxylic acid groups (broad SMARTS) is 1. The number of halogens is 2. The third kappa shape index (κ3) is 4.14. The number of carbonyl (C=O) groups excluding carboxylic acids is 1. The normalized spacial score (nSPS) is 17.4. The van der Waals surface area contributed by atoms with Crippen LogP contribution in [0.1, 0.15) is 39.8 Å². The van der Waals surface area contributed by atoms with E-state index in [0.717, 1.165) is 6.20 Å². The minimum Gasteiger partial charge on any atom is -0.483 e. The van der Waals surface area contributed by atoms with Crippen LogP contribution in [-0.4, -0.2) is 67.2 Å². The van der Waals surface area contributed by atoms with E-state index in [0.29, 0.717) is 23.4 Å². The SMILES string of the molecule is Cc1nn(-c2cc(OC3CN(C(=O)N4N=CCC4c4cccc(F)c4)C3)c(F)cn2)c(C)c1C(=O)O. The third-order valence-electron chi connectivity index (χ3n) is 6.20. The number of amides is 2. The van der Waals surface area contributed by atoms with Crippen LogP contribution in [0, 0.1) is 25.5 Å². The van der Waals surface area contributed by atoms with Gasteiger partial charge in [0.15, 0.2) is 17.4 Å². The van der Waals surface area contributed by atoms with Gasteiger partial charge in [-0.2, -0.15) is 10.2 Å². The number of carboxylic acids is 1. The lowest BCUT2D eigenvalue weighted by atomic mass is 10.0. The van der Waals surface area contributed by atoms with E-state index in [1.54, 1.807) is 32.2 Å². The fourth-order valence-corrected chi connectivity index (χ4v) is 4.37. The van der Waals surface area contributed by atoms with Crippen LogP contribution in [-0.2, 0) is 0 Å². The van der Waals surface area contributed by atoms with Gasteiger partial charge in [0.1, 0.15) is 17.5 Å². The molecule has 2 aromatic heterocycles. The molecule has 2 aliphatic rings. The summed E-state index contributed by atoms with van der Waals surface area (Å²) in [5.41, 5.74) is 1.36. The molecule has 1 aromatic carbocycles. The maximum absolute atomic E-state index is 14.4. The summed E-state index contributed by atoms with van der Waals surface area (Å²) in [6.45, 7) is 3.57. The summed E-state index contributed by atoms with van der Waals surface area (Å²) in [5, 5.41) is 19.1. The minimum absolute atomic E-state index is 0.0536. The molecule has 0 saturated carbocycles. The molecule has 5 rings (SSSR count). The van der Waals surface area contributed by atoms with Crippen LogP contribution in [0.2, 0.25) is 0 Å². The maximum Gasteiger partial charge on any atom is 0.341 e. The average Bonchev–Trinajstić information content (AvgIpc) is 3.41. The molecule has 2 amide bonds. The van der Waals surface area contributed by atoms with E-state index >= 15 is 0 Å². The van der Waals surface area contributed by atoms with E-state index in [9.17, 15) is 23.5 Å². The van der Waals surface area contributed by atoms with E-state index in [-0.39, 0.29) is 42.1 Å². The summed E-state index contributed by atoms with van der Waals surface area (Å²) in [4.78, 5) is 30.0. The fourth-order valence-electron chi connectivity index (χ4n) is 4.37. The highest BCUT2D eigenvalue weighted by molar-refractivity contribution is 5.90. The zero-order valence-corrected chi connectivity index (χ0v) is 19.4. The Morgan fingerprint density at radius 1 is 1.17 bits per heavy atom. The first kappa shape index (κ1) is 23.4. The molecule has 3 aromatic rings. The molecule has 1 fully saturated rings. The summed E-state index contributed by atoms with van der Waals surface area (Å²) in [6, 6.07) is 6.65. The number of hydrazone groups is 1. The fraction of sp³-hybridized carbons (Fsp3) is 0.292. The number of carbonyl (C=O) groups is 2. The number of urea groups is 1. The summed E-state index contributed by atoms with van der Waals surface area (Å²) in [5.74, 6) is -2.08. The van der Waals surface area contributed by atoms with Crippen LogP contribution in [0.3, 0.4) is 0 Å². The number of pyridine rings is 1. The lowest BCUT2D eigenvalue weighted by Gasteiger charge is -2.41. The predicted molar refractivity (Wildman–Crippen MR) is 123 cm³/mol. The molecule has 4 heterocycles. The molecular weight excluding hydrogens is 474 g/mol. The topological polar surface area (TPSA) is 113 Å².